The van der Waals surface area contributed by atoms with E-state index in [9.17, 15) is 13.2 Å². The van der Waals surface area contributed by atoms with Gasteiger partial charge in [-0.15, -0.1) is 0 Å². The van der Waals surface area contributed by atoms with Crippen LogP contribution in [0.1, 0.15) is 16.8 Å². The second kappa shape index (κ2) is 5.06. The lowest BCUT2D eigenvalue weighted by Gasteiger charge is -2.23. The Morgan fingerprint density at radius 1 is 1.38 bits per heavy atom. The van der Waals surface area contributed by atoms with Crippen molar-refractivity contribution in [2.45, 2.75) is 12.5 Å². The van der Waals surface area contributed by atoms with Gasteiger partial charge in [0.15, 0.2) is 21.3 Å². The minimum atomic E-state index is -3.04. The quantitative estimate of drug-likeness (QED) is 0.817. The molecule has 114 valence electrons. The average Bonchev–Trinajstić information content (AvgIpc) is 3.03. The minimum Gasteiger partial charge on any atom is -0.454 e. The fourth-order valence-corrected chi connectivity index (χ4v) is 4.58. The van der Waals surface area contributed by atoms with Crippen molar-refractivity contribution in [2.24, 2.45) is 0 Å². The lowest BCUT2D eigenvalue weighted by Crippen LogP contribution is -2.37. The molecule has 0 N–H and O–H groups in total. The van der Waals surface area contributed by atoms with E-state index in [0.717, 1.165) is 0 Å². The number of halogens is 1. The number of nitrogens with zero attached hydrogens (tertiary/aromatic N) is 1. The van der Waals surface area contributed by atoms with Crippen LogP contribution in [0.3, 0.4) is 0 Å². The maximum Gasteiger partial charge on any atom is 0.254 e. The zero-order chi connectivity index (χ0) is 15.2. The zero-order valence-corrected chi connectivity index (χ0v) is 12.9. The van der Waals surface area contributed by atoms with Crippen molar-refractivity contribution in [3.05, 3.63) is 22.7 Å². The Balaban J connectivity index is 1.84. The maximum absolute atomic E-state index is 12.5. The van der Waals surface area contributed by atoms with E-state index >= 15 is 0 Å². The first kappa shape index (κ1) is 14.5. The number of carbonyl (C=O) groups is 1. The van der Waals surface area contributed by atoms with Gasteiger partial charge in [0.1, 0.15) is 0 Å². The van der Waals surface area contributed by atoms with Crippen molar-refractivity contribution in [1.29, 1.82) is 0 Å². The lowest BCUT2D eigenvalue weighted by atomic mass is 10.1. The summed E-state index contributed by atoms with van der Waals surface area (Å²) in [7, 11) is -1.44. The Morgan fingerprint density at radius 2 is 2.14 bits per heavy atom. The highest BCUT2D eigenvalue weighted by Crippen LogP contribution is 2.40. The number of hydrogen-bond acceptors (Lipinski definition) is 5. The molecule has 1 atom stereocenters. The van der Waals surface area contributed by atoms with E-state index in [1.807, 2.05) is 0 Å². The van der Waals surface area contributed by atoms with Crippen LogP contribution in [0.15, 0.2) is 12.1 Å². The van der Waals surface area contributed by atoms with Crippen molar-refractivity contribution >= 4 is 27.3 Å². The molecule has 21 heavy (non-hydrogen) atoms. The van der Waals surface area contributed by atoms with Gasteiger partial charge in [0.2, 0.25) is 6.79 Å². The fraction of sp³-hybridized carbons (Fsp3) is 0.462. The zero-order valence-electron chi connectivity index (χ0n) is 11.3. The molecule has 2 aliphatic heterocycles. The molecule has 0 spiro atoms. The monoisotopic (exact) mass is 331 g/mol. The van der Waals surface area contributed by atoms with Crippen molar-refractivity contribution < 1.29 is 22.7 Å². The van der Waals surface area contributed by atoms with Crippen LogP contribution in [0, 0.1) is 0 Å². The van der Waals surface area contributed by atoms with Crippen molar-refractivity contribution in [3.63, 3.8) is 0 Å². The van der Waals surface area contributed by atoms with E-state index in [1.54, 1.807) is 13.1 Å². The van der Waals surface area contributed by atoms with Gasteiger partial charge in [0.25, 0.3) is 5.91 Å². The summed E-state index contributed by atoms with van der Waals surface area (Å²) in [6, 6.07) is 2.78. The number of amides is 1. The molecule has 1 amide bonds. The SMILES string of the molecule is CN(C(=O)c1cc(Cl)c2c(c1)OCO2)C1CCS(=O)(=O)C1. The van der Waals surface area contributed by atoms with Gasteiger partial charge in [0.05, 0.1) is 16.5 Å². The van der Waals surface area contributed by atoms with Gasteiger partial charge in [-0.05, 0) is 18.6 Å². The third-order valence-corrected chi connectivity index (χ3v) is 5.78. The molecule has 1 aromatic rings. The molecule has 0 aromatic heterocycles. The van der Waals surface area contributed by atoms with Crippen LogP contribution in [0.5, 0.6) is 11.5 Å². The van der Waals surface area contributed by atoms with Gasteiger partial charge < -0.3 is 14.4 Å². The molecule has 2 heterocycles. The van der Waals surface area contributed by atoms with E-state index in [4.69, 9.17) is 21.1 Å². The number of benzene rings is 1. The highest BCUT2D eigenvalue weighted by atomic mass is 35.5. The molecule has 1 aromatic carbocycles. The summed E-state index contributed by atoms with van der Waals surface area (Å²) in [4.78, 5) is 13.9. The van der Waals surface area contributed by atoms with E-state index in [2.05, 4.69) is 0 Å². The van der Waals surface area contributed by atoms with Crippen LogP contribution in [-0.4, -0.2) is 50.6 Å². The maximum atomic E-state index is 12.5. The van der Waals surface area contributed by atoms with Gasteiger partial charge in [-0.1, -0.05) is 11.6 Å². The molecular formula is C13H14ClNO5S. The first-order valence-electron chi connectivity index (χ1n) is 6.44. The molecule has 1 fully saturated rings. The van der Waals surface area contributed by atoms with Crippen LogP contribution in [0.25, 0.3) is 0 Å². The third-order valence-electron chi connectivity index (χ3n) is 3.75. The molecule has 1 unspecified atom stereocenters. The Hall–Kier alpha value is -1.47. The standard InChI is InChI=1S/C13H14ClNO5S/c1-15(9-2-3-21(17,18)6-9)13(16)8-4-10(14)12-11(5-8)19-7-20-12/h4-5,9H,2-3,6-7H2,1H3. The Kier molecular flexibility index (Phi) is 3.49. The van der Waals surface area contributed by atoms with Gasteiger partial charge in [-0.3, -0.25) is 4.79 Å². The van der Waals surface area contributed by atoms with Crippen molar-refractivity contribution in [1.82, 2.24) is 4.90 Å². The summed E-state index contributed by atoms with van der Waals surface area (Å²) >= 11 is 6.06. The van der Waals surface area contributed by atoms with Crippen LogP contribution in [0.4, 0.5) is 0 Å². The highest BCUT2D eigenvalue weighted by Gasteiger charge is 2.33. The normalized spacial score (nSPS) is 22.3. The molecule has 1 saturated heterocycles. The second-order valence-electron chi connectivity index (χ2n) is 5.16. The predicted octanol–water partition coefficient (Wildman–Crippen LogP) is 1.33. The molecule has 3 rings (SSSR count). The molecule has 0 bridgehead atoms. The van der Waals surface area contributed by atoms with Crippen molar-refractivity contribution in [2.75, 3.05) is 25.3 Å². The summed E-state index contributed by atoms with van der Waals surface area (Å²) in [6.07, 6.45) is 0.461. The fourth-order valence-electron chi connectivity index (χ4n) is 2.54. The second-order valence-corrected chi connectivity index (χ2v) is 7.80. The summed E-state index contributed by atoms with van der Waals surface area (Å²) in [5, 5.41) is 0.306. The number of sulfone groups is 1. The van der Waals surface area contributed by atoms with Gasteiger partial charge in [-0.2, -0.15) is 0 Å². The van der Waals surface area contributed by atoms with Crippen LogP contribution < -0.4 is 9.47 Å². The Labute approximate surface area is 127 Å². The first-order chi connectivity index (χ1) is 9.87. The number of fused-ring (bicyclic) bond motifs is 1. The number of carbonyl (C=O) groups excluding carboxylic acids is 1. The summed E-state index contributed by atoms with van der Waals surface area (Å²) in [6.45, 7) is 0.0728. The van der Waals surface area contributed by atoms with Crippen LogP contribution in [-0.2, 0) is 9.84 Å². The molecule has 0 saturated carbocycles. The Bertz CT molecular complexity index is 703. The summed E-state index contributed by atoms with van der Waals surface area (Å²) in [5.74, 6) is 0.708. The van der Waals surface area contributed by atoms with E-state index in [0.29, 0.717) is 28.5 Å². The largest absolute Gasteiger partial charge is 0.454 e. The predicted molar refractivity (Wildman–Crippen MR) is 76.7 cm³/mol. The van der Waals surface area contributed by atoms with E-state index < -0.39 is 9.84 Å². The molecule has 8 heteroatoms. The third kappa shape index (κ3) is 2.67. The topological polar surface area (TPSA) is 72.9 Å². The first-order valence-corrected chi connectivity index (χ1v) is 8.64. The number of ether oxygens (including phenoxy) is 2. The molecule has 0 radical (unpaired) electrons. The summed E-state index contributed by atoms with van der Waals surface area (Å²) < 4.78 is 33.5. The summed E-state index contributed by atoms with van der Waals surface area (Å²) in [5.41, 5.74) is 0.357. The molecule has 2 aliphatic rings. The van der Waals surface area contributed by atoms with E-state index in [1.165, 1.54) is 11.0 Å². The van der Waals surface area contributed by atoms with Crippen molar-refractivity contribution in [3.8, 4) is 11.5 Å². The van der Waals surface area contributed by atoms with Gasteiger partial charge in [0, 0.05) is 18.7 Å². The highest BCUT2D eigenvalue weighted by molar-refractivity contribution is 7.91. The lowest BCUT2D eigenvalue weighted by molar-refractivity contribution is 0.0747. The molecule has 0 aliphatic carbocycles. The number of rotatable bonds is 2. The van der Waals surface area contributed by atoms with E-state index in [-0.39, 0.29) is 30.2 Å². The average molecular weight is 332 g/mol. The smallest absolute Gasteiger partial charge is 0.254 e. The van der Waals surface area contributed by atoms with Crippen LogP contribution >= 0.6 is 11.6 Å². The number of hydrogen-bond donors (Lipinski definition) is 0. The Morgan fingerprint density at radius 3 is 2.81 bits per heavy atom. The molecule has 6 nitrogen and oxygen atoms in total. The van der Waals surface area contributed by atoms with Gasteiger partial charge in [-0.25, -0.2) is 8.42 Å². The van der Waals surface area contributed by atoms with Crippen LogP contribution in [0.2, 0.25) is 5.02 Å². The molecular weight excluding hydrogens is 318 g/mol. The minimum absolute atomic E-state index is 0.00746. The van der Waals surface area contributed by atoms with Gasteiger partial charge >= 0.3 is 0 Å².